The summed E-state index contributed by atoms with van der Waals surface area (Å²) in [4.78, 5) is 37.6. The number of likely N-dealkylation sites (tertiary alicyclic amines) is 1. The Balaban J connectivity index is 2.30. The third-order valence-corrected chi connectivity index (χ3v) is 3.19. The lowest BCUT2D eigenvalue weighted by molar-refractivity contribution is -0.138. The van der Waals surface area contributed by atoms with Crippen molar-refractivity contribution in [2.75, 3.05) is 18.7 Å². The summed E-state index contributed by atoms with van der Waals surface area (Å²) < 4.78 is 5.21. The number of anilines is 1. The van der Waals surface area contributed by atoms with Crippen molar-refractivity contribution in [1.29, 1.82) is 0 Å². The van der Waals surface area contributed by atoms with Gasteiger partial charge in [-0.2, -0.15) is 0 Å². The number of nitrogens with zero attached hydrogens (tertiary/aromatic N) is 2. The maximum absolute atomic E-state index is 11.8. The van der Waals surface area contributed by atoms with Crippen molar-refractivity contribution < 1.29 is 19.1 Å². The van der Waals surface area contributed by atoms with Crippen LogP contribution in [0.25, 0.3) is 0 Å². The molecular weight excluding hydrogens is 260 g/mol. The average Bonchev–Trinajstić information content (AvgIpc) is 2.75. The van der Waals surface area contributed by atoms with Gasteiger partial charge in [-0.25, -0.2) is 0 Å². The predicted molar refractivity (Wildman–Crippen MR) is 72.1 cm³/mol. The Labute approximate surface area is 116 Å². The molecule has 1 saturated heterocycles. The molecule has 0 N–H and O–H groups in total. The zero-order valence-corrected chi connectivity index (χ0v) is 11.5. The summed E-state index contributed by atoms with van der Waals surface area (Å²) in [5.74, 6) is -0.254. The Morgan fingerprint density at radius 3 is 2.40 bits per heavy atom. The largest absolute Gasteiger partial charge is 0.495 e. The van der Waals surface area contributed by atoms with Gasteiger partial charge in [0.25, 0.3) is 0 Å². The van der Waals surface area contributed by atoms with Crippen molar-refractivity contribution in [3.63, 3.8) is 0 Å². The summed E-state index contributed by atoms with van der Waals surface area (Å²) in [6.07, 6.45) is 0.410. The predicted octanol–water partition coefficient (Wildman–Crippen LogP) is 1.15. The van der Waals surface area contributed by atoms with Crippen molar-refractivity contribution in [1.82, 2.24) is 4.90 Å². The molecule has 6 nitrogen and oxygen atoms in total. The van der Waals surface area contributed by atoms with Gasteiger partial charge in [0.15, 0.2) is 0 Å². The van der Waals surface area contributed by atoms with Gasteiger partial charge in [-0.3, -0.25) is 24.2 Å². The molecule has 3 amide bonds. The lowest BCUT2D eigenvalue weighted by Gasteiger charge is -2.27. The molecule has 1 aromatic rings. The maximum Gasteiger partial charge on any atom is 0.231 e. The van der Waals surface area contributed by atoms with Crippen molar-refractivity contribution >= 4 is 23.4 Å². The number of imide groups is 1. The molecule has 1 aliphatic rings. The van der Waals surface area contributed by atoms with Gasteiger partial charge in [0.05, 0.1) is 12.8 Å². The first-order valence-corrected chi connectivity index (χ1v) is 6.29. The van der Waals surface area contributed by atoms with Crippen molar-refractivity contribution in [2.45, 2.75) is 19.8 Å². The van der Waals surface area contributed by atoms with Crippen LogP contribution < -0.4 is 9.64 Å². The number of hydrogen-bond donors (Lipinski definition) is 0. The first-order chi connectivity index (χ1) is 9.54. The molecular formula is C14H16N2O4. The van der Waals surface area contributed by atoms with E-state index < -0.39 is 0 Å². The highest BCUT2D eigenvalue weighted by atomic mass is 16.5. The number of amides is 3. The maximum atomic E-state index is 11.8. The molecule has 0 atom stereocenters. The Hall–Kier alpha value is -2.37. The number of benzene rings is 1. The molecule has 0 bridgehead atoms. The average molecular weight is 276 g/mol. The van der Waals surface area contributed by atoms with Crippen LogP contribution in [-0.4, -0.2) is 36.4 Å². The fraction of sp³-hybridized carbons (Fsp3) is 0.357. The number of methoxy groups -OCH3 is 1. The van der Waals surface area contributed by atoms with Crippen LogP contribution in [0.1, 0.15) is 19.8 Å². The van der Waals surface area contributed by atoms with Crippen LogP contribution in [0.15, 0.2) is 24.3 Å². The molecule has 106 valence electrons. The van der Waals surface area contributed by atoms with Crippen LogP contribution in [0.4, 0.5) is 5.69 Å². The Morgan fingerprint density at radius 2 is 1.85 bits per heavy atom. The summed E-state index contributed by atoms with van der Waals surface area (Å²) >= 11 is 0. The molecule has 1 heterocycles. The summed E-state index contributed by atoms with van der Waals surface area (Å²) in [6, 6.07) is 6.98. The molecule has 1 aromatic carbocycles. The molecule has 0 aliphatic carbocycles. The van der Waals surface area contributed by atoms with E-state index >= 15 is 0 Å². The zero-order valence-electron chi connectivity index (χ0n) is 11.5. The fourth-order valence-electron chi connectivity index (χ4n) is 2.12. The van der Waals surface area contributed by atoms with Gasteiger partial charge in [-0.05, 0) is 12.1 Å². The molecule has 2 rings (SSSR count). The standard InChI is InChI=1S/C14H16N2O4/c1-10(17)15(9-16-13(18)7-8-14(16)19)11-5-3-4-6-12(11)20-2/h3-6H,7-9H2,1-2H3. The fourth-order valence-corrected chi connectivity index (χ4v) is 2.12. The minimum Gasteiger partial charge on any atom is -0.495 e. The number of carbonyl (C=O) groups excluding carboxylic acids is 3. The zero-order chi connectivity index (χ0) is 14.7. The van der Waals surface area contributed by atoms with Gasteiger partial charge < -0.3 is 4.74 Å². The van der Waals surface area contributed by atoms with Crippen molar-refractivity contribution in [3.8, 4) is 5.75 Å². The van der Waals surface area contributed by atoms with E-state index in [4.69, 9.17) is 4.74 Å². The van der Waals surface area contributed by atoms with Crippen LogP contribution in [-0.2, 0) is 14.4 Å². The second kappa shape index (κ2) is 5.73. The van der Waals surface area contributed by atoms with Gasteiger partial charge in [0.2, 0.25) is 17.7 Å². The van der Waals surface area contributed by atoms with Crippen LogP contribution >= 0.6 is 0 Å². The number of rotatable bonds is 4. The monoisotopic (exact) mass is 276 g/mol. The van der Waals surface area contributed by atoms with E-state index in [1.807, 2.05) is 0 Å². The highest BCUT2D eigenvalue weighted by Gasteiger charge is 2.31. The molecule has 1 aliphatic heterocycles. The smallest absolute Gasteiger partial charge is 0.231 e. The van der Waals surface area contributed by atoms with E-state index in [-0.39, 0.29) is 37.2 Å². The number of carbonyl (C=O) groups is 3. The second-order valence-corrected chi connectivity index (χ2v) is 4.48. The Morgan fingerprint density at radius 1 is 1.25 bits per heavy atom. The van der Waals surface area contributed by atoms with Crippen LogP contribution in [0.2, 0.25) is 0 Å². The third kappa shape index (κ3) is 2.64. The van der Waals surface area contributed by atoms with Crippen molar-refractivity contribution in [3.05, 3.63) is 24.3 Å². The van der Waals surface area contributed by atoms with E-state index in [1.54, 1.807) is 24.3 Å². The number of para-hydroxylation sites is 2. The van der Waals surface area contributed by atoms with Gasteiger partial charge in [0.1, 0.15) is 12.4 Å². The summed E-state index contributed by atoms with van der Waals surface area (Å²) in [7, 11) is 1.50. The van der Waals surface area contributed by atoms with Crippen LogP contribution in [0.5, 0.6) is 5.75 Å². The first kappa shape index (κ1) is 14.0. The molecule has 20 heavy (non-hydrogen) atoms. The second-order valence-electron chi connectivity index (χ2n) is 4.48. The van der Waals surface area contributed by atoms with E-state index in [1.165, 1.54) is 18.9 Å². The molecule has 6 heteroatoms. The minimum absolute atomic E-state index is 0.0760. The number of hydrogen-bond acceptors (Lipinski definition) is 4. The molecule has 0 unspecified atom stereocenters. The molecule has 0 aromatic heterocycles. The van der Waals surface area contributed by atoms with E-state index in [2.05, 4.69) is 0 Å². The minimum atomic E-state index is -0.262. The highest BCUT2D eigenvalue weighted by Crippen LogP contribution is 2.28. The summed E-state index contributed by atoms with van der Waals surface area (Å²) in [6.45, 7) is 1.31. The number of ether oxygens (including phenoxy) is 1. The van der Waals surface area contributed by atoms with Crippen molar-refractivity contribution in [2.24, 2.45) is 0 Å². The lowest BCUT2D eigenvalue weighted by Crippen LogP contribution is -2.43. The highest BCUT2D eigenvalue weighted by molar-refractivity contribution is 6.03. The van der Waals surface area contributed by atoms with E-state index in [0.29, 0.717) is 11.4 Å². The van der Waals surface area contributed by atoms with Gasteiger partial charge in [-0.15, -0.1) is 0 Å². The molecule has 0 saturated carbocycles. The third-order valence-electron chi connectivity index (χ3n) is 3.19. The quantitative estimate of drug-likeness (QED) is 0.774. The van der Waals surface area contributed by atoms with Gasteiger partial charge >= 0.3 is 0 Å². The molecule has 0 radical (unpaired) electrons. The Kier molecular flexibility index (Phi) is 4.02. The summed E-state index contributed by atoms with van der Waals surface area (Å²) in [5, 5.41) is 0. The van der Waals surface area contributed by atoms with Gasteiger partial charge in [0, 0.05) is 19.8 Å². The van der Waals surface area contributed by atoms with E-state index in [0.717, 1.165) is 4.90 Å². The van der Waals surface area contributed by atoms with Crippen LogP contribution in [0.3, 0.4) is 0 Å². The normalized spacial score (nSPS) is 14.6. The summed E-state index contributed by atoms with van der Waals surface area (Å²) in [5.41, 5.74) is 0.537. The SMILES string of the molecule is COc1ccccc1N(CN1C(=O)CCC1=O)C(C)=O. The topological polar surface area (TPSA) is 66.9 Å². The first-order valence-electron chi connectivity index (χ1n) is 6.29. The van der Waals surface area contributed by atoms with Crippen LogP contribution in [0, 0.1) is 0 Å². The lowest BCUT2D eigenvalue weighted by atomic mass is 10.2. The van der Waals surface area contributed by atoms with Gasteiger partial charge in [-0.1, -0.05) is 12.1 Å². The van der Waals surface area contributed by atoms with E-state index in [9.17, 15) is 14.4 Å². The molecule has 1 fully saturated rings. The molecule has 0 spiro atoms. The Bertz CT molecular complexity index is 540.